The van der Waals surface area contributed by atoms with Crippen molar-refractivity contribution in [1.82, 2.24) is 5.32 Å². The lowest BCUT2D eigenvalue weighted by Crippen LogP contribution is -2.38. The van der Waals surface area contributed by atoms with Crippen LogP contribution in [0.5, 0.6) is 5.75 Å². The van der Waals surface area contributed by atoms with Gasteiger partial charge in [0.2, 0.25) is 0 Å². The van der Waals surface area contributed by atoms with Crippen molar-refractivity contribution in [2.45, 2.75) is 38.3 Å². The fourth-order valence-corrected chi connectivity index (χ4v) is 2.67. The Balaban J connectivity index is 2.48. The lowest BCUT2D eigenvalue weighted by molar-refractivity contribution is 0.384. The lowest BCUT2D eigenvalue weighted by Gasteiger charge is -2.26. The molecule has 17 heavy (non-hydrogen) atoms. The third-order valence-corrected chi connectivity index (χ3v) is 3.65. The molecule has 1 atom stereocenters. The number of ether oxygens (including phenoxy) is 1. The molecule has 3 heteroatoms. The minimum absolute atomic E-state index is 0.0950. The molecule has 1 unspecified atom stereocenters. The van der Waals surface area contributed by atoms with Crippen LogP contribution < -0.4 is 15.8 Å². The normalized spacial score (nSPS) is 18.9. The second-order valence-corrected chi connectivity index (χ2v) is 5.16. The highest BCUT2D eigenvalue weighted by atomic mass is 16.5. The highest BCUT2D eigenvalue weighted by Crippen LogP contribution is 2.46. The van der Waals surface area contributed by atoms with Crippen molar-refractivity contribution in [3.8, 4) is 5.75 Å². The van der Waals surface area contributed by atoms with Crippen LogP contribution in [0.15, 0.2) is 12.1 Å². The summed E-state index contributed by atoms with van der Waals surface area (Å²) in [6.07, 6.45) is 2.16. The topological polar surface area (TPSA) is 47.3 Å². The summed E-state index contributed by atoms with van der Waals surface area (Å²) in [5, 5.41) is 3.34. The van der Waals surface area contributed by atoms with Crippen LogP contribution in [-0.2, 0) is 0 Å². The number of hydrogen-bond acceptors (Lipinski definition) is 3. The monoisotopic (exact) mass is 234 g/mol. The maximum absolute atomic E-state index is 6.34. The number of hydrogen-bond donors (Lipinski definition) is 2. The van der Waals surface area contributed by atoms with E-state index in [1.54, 1.807) is 7.11 Å². The molecule has 1 saturated carbocycles. The molecule has 2 rings (SSSR count). The molecule has 3 N–H and O–H groups in total. The average molecular weight is 234 g/mol. The third kappa shape index (κ3) is 2.17. The summed E-state index contributed by atoms with van der Waals surface area (Å²) in [6, 6.07) is 4.50. The third-order valence-electron chi connectivity index (χ3n) is 3.65. The van der Waals surface area contributed by atoms with Crippen molar-refractivity contribution in [1.29, 1.82) is 0 Å². The van der Waals surface area contributed by atoms with Crippen LogP contribution in [0.3, 0.4) is 0 Å². The van der Waals surface area contributed by atoms with Crippen molar-refractivity contribution in [2.24, 2.45) is 5.73 Å². The van der Waals surface area contributed by atoms with Gasteiger partial charge in [-0.1, -0.05) is 17.7 Å². The van der Waals surface area contributed by atoms with Gasteiger partial charge in [0.25, 0.3) is 0 Å². The van der Waals surface area contributed by atoms with Gasteiger partial charge in [-0.3, -0.25) is 0 Å². The predicted octanol–water partition coefficient (Wildman–Crippen LogP) is 2.06. The molecule has 0 heterocycles. The Morgan fingerprint density at radius 3 is 2.47 bits per heavy atom. The summed E-state index contributed by atoms with van der Waals surface area (Å²) in [7, 11) is 3.69. The van der Waals surface area contributed by atoms with Crippen molar-refractivity contribution in [3.05, 3.63) is 28.8 Å². The molecule has 0 saturated heterocycles. The Morgan fingerprint density at radius 1 is 1.35 bits per heavy atom. The van der Waals surface area contributed by atoms with E-state index in [9.17, 15) is 0 Å². The molecule has 0 aromatic heterocycles. The Morgan fingerprint density at radius 2 is 2.00 bits per heavy atom. The zero-order valence-corrected chi connectivity index (χ0v) is 11.1. The van der Waals surface area contributed by atoms with Crippen LogP contribution in [0, 0.1) is 13.8 Å². The van der Waals surface area contributed by atoms with E-state index < -0.39 is 0 Å². The quantitative estimate of drug-likeness (QED) is 0.838. The van der Waals surface area contributed by atoms with Gasteiger partial charge in [-0.05, 0) is 39.3 Å². The zero-order chi connectivity index (χ0) is 12.6. The average Bonchev–Trinajstić information content (AvgIpc) is 2.97. The first-order valence-corrected chi connectivity index (χ1v) is 6.13. The maximum atomic E-state index is 6.34. The molecule has 1 aliphatic rings. The van der Waals surface area contributed by atoms with Crippen molar-refractivity contribution >= 4 is 0 Å². The standard InChI is InChI=1S/C14H22N2O/c1-9-7-10(2)12(17-4)11(8-9)13(16-3)14(15)5-6-14/h7-8,13,16H,5-6,15H2,1-4H3. The van der Waals surface area contributed by atoms with Gasteiger partial charge in [-0.2, -0.15) is 0 Å². The Hall–Kier alpha value is -1.06. The summed E-state index contributed by atoms with van der Waals surface area (Å²) in [4.78, 5) is 0. The van der Waals surface area contributed by atoms with Crippen LogP contribution in [-0.4, -0.2) is 19.7 Å². The molecular weight excluding hydrogens is 212 g/mol. The summed E-state index contributed by atoms with van der Waals surface area (Å²) < 4.78 is 5.54. The van der Waals surface area contributed by atoms with E-state index in [0.717, 1.165) is 18.6 Å². The van der Waals surface area contributed by atoms with Crippen LogP contribution >= 0.6 is 0 Å². The van der Waals surface area contributed by atoms with E-state index in [1.165, 1.54) is 16.7 Å². The summed E-state index contributed by atoms with van der Waals surface area (Å²) in [6.45, 7) is 4.19. The van der Waals surface area contributed by atoms with E-state index in [2.05, 4.69) is 31.3 Å². The van der Waals surface area contributed by atoms with Gasteiger partial charge in [0.05, 0.1) is 13.2 Å². The number of nitrogens with two attached hydrogens (primary N) is 1. The van der Waals surface area contributed by atoms with Crippen molar-refractivity contribution in [2.75, 3.05) is 14.2 Å². The molecule has 1 aliphatic carbocycles. The zero-order valence-electron chi connectivity index (χ0n) is 11.1. The van der Waals surface area contributed by atoms with Crippen LogP contribution in [0.4, 0.5) is 0 Å². The van der Waals surface area contributed by atoms with Gasteiger partial charge >= 0.3 is 0 Å². The lowest BCUT2D eigenvalue weighted by atomic mass is 9.93. The van der Waals surface area contributed by atoms with E-state index >= 15 is 0 Å². The van der Waals surface area contributed by atoms with Gasteiger partial charge < -0.3 is 15.8 Å². The minimum atomic E-state index is -0.0950. The number of rotatable bonds is 4. The van der Waals surface area contributed by atoms with Gasteiger partial charge in [0.1, 0.15) is 5.75 Å². The second kappa shape index (κ2) is 4.31. The number of benzene rings is 1. The van der Waals surface area contributed by atoms with Crippen LogP contribution in [0.25, 0.3) is 0 Å². The number of likely N-dealkylation sites (N-methyl/N-ethyl adjacent to an activating group) is 1. The molecule has 1 fully saturated rings. The van der Waals surface area contributed by atoms with Crippen LogP contribution in [0.1, 0.15) is 35.6 Å². The molecule has 0 amide bonds. The molecule has 0 bridgehead atoms. The predicted molar refractivity (Wildman–Crippen MR) is 70.4 cm³/mol. The molecule has 3 nitrogen and oxygen atoms in total. The van der Waals surface area contributed by atoms with Crippen molar-refractivity contribution < 1.29 is 4.74 Å². The summed E-state index contributed by atoms with van der Waals surface area (Å²) in [5.74, 6) is 0.965. The fourth-order valence-electron chi connectivity index (χ4n) is 2.67. The molecule has 0 radical (unpaired) electrons. The first-order chi connectivity index (χ1) is 8.01. The first kappa shape index (κ1) is 12.4. The van der Waals surface area contributed by atoms with Gasteiger partial charge in [-0.25, -0.2) is 0 Å². The number of aryl methyl sites for hydroxylation is 2. The number of nitrogens with one attached hydrogen (secondary N) is 1. The minimum Gasteiger partial charge on any atom is -0.496 e. The van der Waals surface area contributed by atoms with Gasteiger partial charge in [0.15, 0.2) is 0 Å². The van der Waals surface area contributed by atoms with Crippen molar-refractivity contribution in [3.63, 3.8) is 0 Å². The SMILES string of the molecule is CNC(c1cc(C)cc(C)c1OC)C1(N)CC1. The summed E-state index contributed by atoms with van der Waals surface area (Å²) >= 11 is 0. The molecule has 0 spiro atoms. The largest absolute Gasteiger partial charge is 0.496 e. The van der Waals surface area contributed by atoms with Gasteiger partial charge in [-0.15, -0.1) is 0 Å². The van der Waals surface area contributed by atoms with E-state index in [4.69, 9.17) is 10.5 Å². The number of methoxy groups -OCH3 is 1. The molecular formula is C14H22N2O. The molecule has 94 valence electrons. The first-order valence-electron chi connectivity index (χ1n) is 6.13. The second-order valence-electron chi connectivity index (χ2n) is 5.16. The molecule has 1 aromatic carbocycles. The van der Waals surface area contributed by atoms with Crippen LogP contribution in [0.2, 0.25) is 0 Å². The highest BCUT2D eigenvalue weighted by molar-refractivity contribution is 5.47. The Bertz CT molecular complexity index is 424. The Labute approximate surface area is 103 Å². The molecule has 0 aliphatic heterocycles. The smallest absolute Gasteiger partial charge is 0.126 e. The maximum Gasteiger partial charge on any atom is 0.126 e. The van der Waals surface area contributed by atoms with E-state index in [0.29, 0.717) is 0 Å². The highest BCUT2D eigenvalue weighted by Gasteiger charge is 2.46. The summed E-state index contributed by atoms with van der Waals surface area (Å²) in [5.41, 5.74) is 9.86. The Kier molecular flexibility index (Phi) is 3.15. The fraction of sp³-hybridized carbons (Fsp3) is 0.571. The van der Waals surface area contributed by atoms with E-state index in [1.807, 2.05) is 7.05 Å². The van der Waals surface area contributed by atoms with E-state index in [-0.39, 0.29) is 11.6 Å². The molecule has 1 aromatic rings. The van der Waals surface area contributed by atoms with Gasteiger partial charge in [0, 0.05) is 11.1 Å².